The molecule has 14 heavy (non-hydrogen) atoms. The molecule has 0 spiro atoms. The van der Waals surface area contributed by atoms with Gasteiger partial charge in [0, 0.05) is 18.8 Å². The van der Waals surface area contributed by atoms with Crippen LogP contribution >= 0.6 is 0 Å². The van der Waals surface area contributed by atoms with Crippen LogP contribution in [-0.2, 0) is 18.3 Å². The maximum atomic E-state index is 11.5. The van der Waals surface area contributed by atoms with E-state index < -0.39 is 0 Å². The molecule has 1 aromatic rings. The quantitative estimate of drug-likeness (QED) is 0.762. The van der Waals surface area contributed by atoms with Gasteiger partial charge >= 0.3 is 0 Å². The average Bonchev–Trinajstić information content (AvgIpc) is 2.81. The molecule has 0 aliphatic heterocycles. The second-order valence-corrected chi connectivity index (χ2v) is 3.92. The average molecular weight is 193 g/mol. The normalized spacial score (nSPS) is 15.6. The van der Waals surface area contributed by atoms with Crippen molar-refractivity contribution in [1.29, 1.82) is 0 Å². The van der Waals surface area contributed by atoms with Crippen LogP contribution < -0.4 is 5.32 Å². The maximum absolute atomic E-state index is 11.5. The summed E-state index contributed by atoms with van der Waals surface area (Å²) in [5.41, 5.74) is 1.93. The van der Waals surface area contributed by atoms with E-state index in [-0.39, 0.29) is 5.91 Å². The maximum Gasteiger partial charge on any atom is 0.226 e. The minimum atomic E-state index is 0.107. The van der Waals surface area contributed by atoms with Crippen molar-refractivity contribution in [3.63, 3.8) is 0 Å². The third-order valence-corrected chi connectivity index (χ3v) is 2.38. The summed E-state index contributed by atoms with van der Waals surface area (Å²) in [6.07, 6.45) is 2.71. The third kappa shape index (κ3) is 2.13. The molecular formula is C10H15N3O. The molecule has 0 aromatic carbocycles. The summed E-state index contributed by atoms with van der Waals surface area (Å²) in [5.74, 6) is 0.107. The fourth-order valence-electron chi connectivity index (χ4n) is 1.50. The van der Waals surface area contributed by atoms with Crippen LogP contribution in [-0.4, -0.2) is 21.7 Å². The Balaban J connectivity index is 1.95. The summed E-state index contributed by atoms with van der Waals surface area (Å²) in [7, 11) is 1.87. The van der Waals surface area contributed by atoms with Crippen molar-refractivity contribution in [2.75, 3.05) is 0 Å². The Morgan fingerprint density at radius 2 is 2.43 bits per heavy atom. The lowest BCUT2D eigenvalue weighted by Crippen LogP contribution is -2.27. The summed E-state index contributed by atoms with van der Waals surface area (Å²) < 4.78 is 1.77. The third-order valence-electron chi connectivity index (χ3n) is 2.38. The summed E-state index contributed by atoms with van der Waals surface area (Å²) in [6.45, 7) is 1.93. The van der Waals surface area contributed by atoms with Gasteiger partial charge in [-0.05, 0) is 25.8 Å². The second-order valence-electron chi connectivity index (χ2n) is 3.92. The Morgan fingerprint density at radius 3 is 2.93 bits per heavy atom. The van der Waals surface area contributed by atoms with Crippen LogP contribution in [0.25, 0.3) is 0 Å². The van der Waals surface area contributed by atoms with Crippen molar-refractivity contribution in [2.24, 2.45) is 7.05 Å². The molecule has 1 fully saturated rings. The molecule has 0 radical (unpaired) electrons. The van der Waals surface area contributed by atoms with E-state index in [2.05, 4.69) is 10.4 Å². The van der Waals surface area contributed by atoms with Gasteiger partial charge in [0.25, 0.3) is 0 Å². The first-order valence-electron chi connectivity index (χ1n) is 4.94. The number of rotatable bonds is 3. The van der Waals surface area contributed by atoms with Crippen LogP contribution in [0.1, 0.15) is 24.2 Å². The number of hydrogen-bond donors (Lipinski definition) is 1. The van der Waals surface area contributed by atoms with Crippen molar-refractivity contribution in [2.45, 2.75) is 32.2 Å². The molecule has 1 N–H and O–H groups in total. The van der Waals surface area contributed by atoms with Gasteiger partial charge in [-0.25, -0.2) is 0 Å². The Hall–Kier alpha value is -1.32. The SMILES string of the molecule is Cc1cc(CC(=O)NC2CC2)n(C)n1. The van der Waals surface area contributed by atoms with Crippen molar-refractivity contribution in [3.8, 4) is 0 Å². The molecule has 1 aromatic heterocycles. The molecule has 1 aliphatic rings. The Kier molecular flexibility index (Phi) is 2.27. The van der Waals surface area contributed by atoms with E-state index in [1.807, 2.05) is 20.0 Å². The predicted octanol–water partition coefficient (Wildman–Crippen LogP) is 0.550. The van der Waals surface area contributed by atoms with Gasteiger partial charge in [0.1, 0.15) is 0 Å². The van der Waals surface area contributed by atoms with Gasteiger partial charge in [-0.1, -0.05) is 0 Å². The van der Waals surface area contributed by atoms with E-state index in [4.69, 9.17) is 0 Å². The number of nitrogens with zero attached hydrogens (tertiary/aromatic N) is 2. The van der Waals surface area contributed by atoms with E-state index in [1.54, 1.807) is 4.68 Å². The van der Waals surface area contributed by atoms with Crippen molar-refractivity contribution < 1.29 is 4.79 Å². The molecular weight excluding hydrogens is 178 g/mol. The van der Waals surface area contributed by atoms with Crippen LogP contribution in [0.5, 0.6) is 0 Å². The van der Waals surface area contributed by atoms with Gasteiger partial charge < -0.3 is 5.32 Å². The highest BCUT2D eigenvalue weighted by Crippen LogP contribution is 2.18. The first kappa shape index (κ1) is 9.24. The molecule has 4 nitrogen and oxygen atoms in total. The molecule has 1 amide bonds. The van der Waals surface area contributed by atoms with Crippen LogP contribution in [0.3, 0.4) is 0 Å². The standard InChI is InChI=1S/C10H15N3O/c1-7-5-9(13(2)12-7)6-10(14)11-8-3-4-8/h5,8H,3-4,6H2,1-2H3,(H,11,14). The lowest BCUT2D eigenvalue weighted by atomic mass is 10.2. The van der Waals surface area contributed by atoms with Crippen LogP contribution in [0, 0.1) is 6.92 Å². The van der Waals surface area contributed by atoms with Crippen molar-refractivity contribution >= 4 is 5.91 Å². The highest BCUT2D eigenvalue weighted by atomic mass is 16.1. The largest absolute Gasteiger partial charge is 0.353 e. The summed E-state index contributed by atoms with van der Waals surface area (Å²) in [4.78, 5) is 11.5. The minimum Gasteiger partial charge on any atom is -0.353 e. The zero-order valence-corrected chi connectivity index (χ0v) is 8.58. The van der Waals surface area contributed by atoms with Crippen molar-refractivity contribution in [1.82, 2.24) is 15.1 Å². The number of carbonyl (C=O) groups is 1. The van der Waals surface area contributed by atoms with E-state index in [1.165, 1.54) is 0 Å². The fourth-order valence-corrected chi connectivity index (χ4v) is 1.50. The van der Waals surface area contributed by atoms with Gasteiger partial charge in [-0.3, -0.25) is 9.48 Å². The summed E-state index contributed by atoms with van der Waals surface area (Å²) in [5, 5.41) is 7.15. The topological polar surface area (TPSA) is 46.9 Å². The zero-order chi connectivity index (χ0) is 10.1. The first-order chi connectivity index (χ1) is 6.65. The highest BCUT2D eigenvalue weighted by molar-refractivity contribution is 5.78. The van der Waals surface area contributed by atoms with Crippen LogP contribution in [0.15, 0.2) is 6.07 Å². The Morgan fingerprint density at radius 1 is 1.71 bits per heavy atom. The monoisotopic (exact) mass is 193 g/mol. The molecule has 0 bridgehead atoms. The fraction of sp³-hybridized carbons (Fsp3) is 0.600. The Bertz CT molecular complexity index is 352. The lowest BCUT2D eigenvalue weighted by molar-refractivity contribution is -0.120. The van der Waals surface area contributed by atoms with E-state index >= 15 is 0 Å². The zero-order valence-electron chi connectivity index (χ0n) is 8.58. The first-order valence-corrected chi connectivity index (χ1v) is 4.94. The number of aromatic nitrogens is 2. The molecule has 1 saturated carbocycles. The number of aryl methyl sites for hydroxylation is 2. The number of hydrogen-bond acceptors (Lipinski definition) is 2. The van der Waals surface area contributed by atoms with Gasteiger partial charge in [-0.15, -0.1) is 0 Å². The lowest BCUT2D eigenvalue weighted by Gasteiger charge is -2.02. The van der Waals surface area contributed by atoms with Gasteiger partial charge in [0.2, 0.25) is 5.91 Å². The molecule has 76 valence electrons. The molecule has 4 heteroatoms. The van der Waals surface area contributed by atoms with Crippen LogP contribution in [0.2, 0.25) is 0 Å². The van der Waals surface area contributed by atoms with Gasteiger partial charge in [-0.2, -0.15) is 5.10 Å². The molecule has 2 rings (SSSR count). The molecule has 1 aliphatic carbocycles. The molecule has 0 atom stereocenters. The van der Waals surface area contributed by atoms with E-state index in [0.717, 1.165) is 24.2 Å². The van der Waals surface area contributed by atoms with E-state index in [9.17, 15) is 4.79 Å². The second kappa shape index (κ2) is 3.44. The smallest absolute Gasteiger partial charge is 0.226 e. The van der Waals surface area contributed by atoms with Crippen molar-refractivity contribution in [3.05, 3.63) is 17.5 Å². The minimum absolute atomic E-state index is 0.107. The van der Waals surface area contributed by atoms with E-state index in [0.29, 0.717) is 12.5 Å². The molecule has 0 saturated heterocycles. The number of nitrogens with one attached hydrogen (secondary N) is 1. The predicted molar refractivity (Wildman–Crippen MR) is 52.8 cm³/mol. The number of carbonyl (C=O) groups excluding carboxylic acids is 1. The number of amides is 1. The highest BCUT2D eigenvalue weighted by Gasteiger charge is 2.23. The Labute approximate surface area is 83.3 Å². The van der Waals surface area contributed by atoms with Crippen LogP contribution in [0.4, 0.5) is 0 Å². The van der Waals surface area contributed by atoms with Gasteiger partial charge in [0.05, 0.1) is 12.1 Å². The summed E-state index contributed by atoms with van der Waals surface area (Å²) in [6, 6.07) is 2.39. The molecule has 1 heterocycles. The van der Waals surface area contributed by atoms with Gasteiger partial charge in [0.15, 0.2) is 0 Å². The summed E-state index contributed by atoms with van der Waals surface area (Å²) >= 11 is 0. The molecule has 0 unspecified atom stereocenters.